The summed E-state index contributed by atoms with van der Waals surface area (Å²) in [6.07, 6.45) is 1.18. The minimum atomic E-state index is -0.612. The molecular formula is C12H15ClFNO2. The van der Waals surface area contributed by atoms with Crippen LogP contribution in [-0.4, -0.2) is 10.3 Å². The van der Waals surface area contributed by atoms with Crippen molar-refractivity contribution in [3.63, 3.8) is 0 Å². The van der Waals surface area contributed by atoms with Crippen molar-refractivity contribution in [2.24, 2.45) is 5.92 Å². The van der Waals surface area contributed by atoms with E-state index in [0.717, 1.165) is 12.5 Å². The Morgan fingerprint density at radius 3 is 2.59 bits per heavy atom. The molecule has 0 heterocycles. The molecule has 94 valence electrons. The van der Waals surface area contributed by atoms with Crippen LogP contribution in [0, 0.1) is 21.8 Å². The topological polar surface area (TPSA) is 43.1 Å². The van der Waals surface area contributed by atoms with Crippen molar-refractivity contribution in [2.75, 3.05) is 0 Å². The maximum Gasteiger partial charge on any atom is 0.272 e. The summed E-state index contributed by atoms with van der Waals surface area (Å²) in [6.45, 7) is 4.09. The Morgan fingerprint density at radius 2 is 2.12 bits per heavy atom. The van der Waals surface area contributed by atoms with Gasteiger partial charge in [-0.15, -0.1) is 11.6 Å². The standard InChI is InChI=1S/C12H15ClFNO2/c1-8(2)5-10(13)6-9-3-4-11(15(16)17)7-12(9)14/h3-4,7-8,10H,5-6H2,1-2H3. The second kappa shape index (κ2) is 5.96. The maximum absolute atomic E-state index is 13.5. The van der Waals surface area contributed by atoms with Crippen molar-refractivity contribution in [3.8, 4) is 0 Å². The zero-order chi connectivity index (χ0) is 13.0. The summed E-state index contributed by atoms with van der Waals surface area (Å²) in [5.74, 6) is -0.118. The fourth-order valence-electron chi connectivity index (χ4n) is 1.65. The third kappa shape index (κ3) is 4.30. The minimum Gasteiger partial charge on any atom is -0.258 e. The van der Waals surface area contributed by atoms with E-state index in [2.05, 4.69) is 0 Å². The first-order valence-electron chi connectivity index (χ1n) is 5.47. The molecular weight excluding hydrogens is 245 g/mol. The Kier molecular flexibility index (Phi) is 4.87. The van der Waals surface area contributed by atoms with E-state index in [1.54, 1.807) is 0 Å². The highest BCUT2D eigenvalue weighted by Crippen LogP contribution is 2.21. The van der Waals surface area contributed by atoms with E-state index in [9.17, 15) is 14.5 Å². The van der Waals surface area contributed by atoms with Crippen LogP contribution >= 0.6 is 11.6 Å². The third-order valence-corrected chi connectivity index (χ3v) is 2.75. The molecule has 1 unspecified atom stereocenters. The van der Waals surface area contributed by atoms with Crippen molar-refractivity contribution in [1.29, 1.82) is 0 Å². The first-order chi connectivity index (χ1) is 7.90. The number of alkyl halides is 1. The summed E-state index contributed by atoms with van der Waals surface area (Å²) in [6, 6.07) is 3.68. The summed E-state index contributed by atoms with van der Waals surface area (Å²) in [5, 5.41) is 10.3. The lowest BCUT2D eigenvalue weighted by atomic mass is 10.0. The Labute approximate surface area is 105 Å². The van der Waals surface area contributed by atoms with Crippen molar-refractivity contribution in [3.05, 3.63) is 39.7 Å². The largest absolute Gasteiger partial charge is 0.272 e. The van der Waals surface area contributed by atoms with Gasteiger partial charge in [-0.1, -0.05) is 13.8 Å². The van der Waals surface area contributed by atoms with Crippen LogP contribution in [0.5, 0.6) is 0 Å². The summed E-state index contributed by atoms with van der Waals surface area (Å²) in [5.41, 5.74) is 0.192. The molecule has 3 nitrogen and oxygen atoms in total. The van der Waals surface area contributed by atoms with Gasteiger partial charge in [0.15, 0.2) is 0 Å². The van der Waals surface area contributed by atoms with Crippen LogP contribution < -0.4 is 0 Å². The zero-order valence-corrected chi connectivity index (χ0v) is 10.6. The minimum absolute atomic E-state index is 0.147. The summed E-state index contributed by atoms with van der Waals surface area (Å²) in [7, 11) is 0. The predicted molar refractivity (Wildman–Crippen MR) is 65.9 cm³/mol. The van der Waals surface area contributed by atoms with Gasteiger partial charge in [-0.05, 0) is 30.4 Å². The Bertz CT molecular complexity index is 409. The molecule has 0 spiro atoms. The molecule has 0 radical (unpaired) electrons. The molecule has 0 N–H and O–H groups in total. The predicted octanol–water partition coefficient (Wildman–Crippen LogP) is 3.93. The molecule has 0 saturated heterocycles. The van der Waals surface area contributed by atoms with E-state index in [1.165, 1.54) is 12.1 Å². The van der Waals surface area contributed by atoms with Crippen molar-refractivity contribution in [2.45, 2.75) is 32.1 Å². The van der Waals surface area contributed by atoms with Crippen LogP contribution in [0.25, 0.3) is 0 Å². The van der Waals surface area contributed by atoms with Crippen molar-refractivity contribution >= 4 is 17.3 Å². The second-order valence-corrected chi connectivity index (χ2v) is 5.08. The summed E-state index contributed by atoms with van der Waals surface area (Å²) >= 11 is 6.08. The molecule has 0 aliphatic heterocycles. The van der Waals surface area contributed by atoms with Crippen LogP contribution in [0.4, 0.5) is 10.1 Å². The number of nitrogens with zero attached hydrogens (tertiary/aromatic N) is 1. The first-order valence-corrected chi connectivity index (χ1v) is 5.90. The van der Waals surface area contributed by atoms with Gasteiger partial charge in [0.25, 0.3) is 5.69 Å². The van der Waals surface area contributed by atoms with Gasteiger partial charge in [0.05, 0.1) is 11.0 Å². The summed E-state index contributed by atoms with van der Waals surface area (Å²) in [4.78, 5) is 9.83. The molecule has 17 heavy (non-hydrogen) atoms. The van der Waals surface area contributed by atoms with E-state index in [0.29, 0.717) is 17.9 Å². The molecule has 5 heteroatoms. The number of nitro groups is 1. The van der Waals surface area contributed by atoms with Crippen LogP contribution in [0.3, 0.4) is 0 Å². The van der Waals surface area contributed by atoms with Gasteiger partial charge in [0, 0.05) is 11.4 Å². The highest BCUT2D eigenvalue weighted by Gasteiger charge is 2.14. The first kappa shape index (κ1) is 13.9. The lowest BCUT2D eigenvalue weighted by Crippen LogP contribution is -2.08. The van der Waals surface area contributed by atoms with Crippen molar-refractivity contribution < 1.29 is 9.31 Å². The van der Waals surface area contributed by atoms with Gasteiger partial charge in [-0.2, -0.15) is 0 Å². The lowest BCUT2D eigenvalue weighted by Gasteiger charge is -2.12. The van der Waals surface area contributed by atoms with E-state index in [1.807, 2.05) is 13.8 Å². The van der Waals surface area contributed by atoms with Crippen LogP contribution in [-0.2, 0) is 6.42 Å². The van der Waals surface area contributed by atoms with E-state index in [-0.39, 0.29) is 11.1 Å². The second-order valence-electron chi connectivity index (χ2n) is 4.46. The fraction of sp³-hybridized carbons (Fsp3) is 0.500. The normalized spacial score (nSPS) is 12.8. The van der Waals surface area contributed by atoms with E-state index < -0.39 is 10.7 Å². The van der Waals surface area contributed by atoms with E-state index in [4.69, 9.17) is 11.6 Å². The van der Waals surface area contributed by atoms with Gasteiger partial charge in [0.1, 0.15) is 5.82 Å². The molecule has 0 amide bonds. The van der Waals surface area contributed by atoms with Gasteiger partial charge in [-0.3, -0.25) is 10.1 Å². The SMILES string of the molecule is CC(C)CC(Cl)Cc1ccc([N+](=O)[O-])cc1F. The van der Waals surface area contributed by atoms with Gasteiger partial charge < -0.3 is 0 Å². The Balaban J connectivity index is 2.75. The number of halogens is 2. The van der Waals surface area contributed by atoms with Crippen LogP contribution in [0.2, 0.25) is 0 Å². The lowest BCUT2D eigenvalue weighted by molar-refractivity contribution is -0.385. The molecule has 1 aromatic carbocycles. The third-order valence-electron chi connectivity index (χ3n) is 2.42. The highest BCUT2D eigenvalue weighted by molar-refractivity contribution is 6.20. The molecule has 1 rings (SSSR count). The van der Waals surface area contributed by atoms with Gasteiger partial charge >= 0.3 is 0 Å². The highest BCUT2D eigenvalue weighted by atomic mass is 35.5. The molecule has 1 aromatic rings. The molecule has 0 fully saturated rings. The molecule has 0 aliphatic rings. The number of rotatable bonds is 5. The number of benzene rings is 1. The molecule has 0 bridgehead atoms. The fourth-order valence-corrected chi connectivity index (χ4v) is 2.17. The van der Waals surface area contributed by atoms with Crippen molar-refractivity contribution in [1.82, 2.24) is 0 Å². The summed E-state index contributed by atoms with van der Waals surface area (Å²) < 4.78 is 13.5. The molecule has 1 atom stereocenters. The number of hydrogen-bond donors (Lipinski definition) is 0. The quantitative estimate of drug-likeness (QED) is 0.457. The Hall–Kier alpha value is -1.16. The van der Waals surface area contributed by atoms with Crippen LogP contribution in [0.15, 0.2) is 18.2 Å². The molecule has 0 saturated carbocycles. The van der Waals surface area contributed by atoms with Crippen LogP contribution in [0.1, 0.15) is 25.8 Å². The number of non-ortho nitro benzene ring substituents is 1. The molecule has 0 aliphatic carbocycles. The molecule has 0 aromatic heterocycles. The van der Waals surface area contributed by atoms with E-state index >= 15 is 0 Å². The van der Waals surface area contributed by atoms with Gasteiger partial charge in [-0.25, -0.2) is 4.39 Å². The average molecular weight is 260 g/mol. The Morgan fingerprint density at radius 1 is 1.47 bits per heavy atom. The average Bonchev–Trinajstić information content (AvgIpc) is 2.19. The number of hydrogen-bond acceptors (Lipinski definition) is 2. The smallest absolute Gasteiger partial charge is 0.258 e. The zero-order valence-electron chi connectivity index (χ0n) is 9.82. The maximum atomic E-state index is 13.5. The monoisotopic (exact) mass is 259 g/mol. The number of nitro benzene ring substituents is 1. The van der Waals surface area contributed by atoms with Gasteiger partial charge in [0.2, 0.25) is 0 Å².